The first-order valence-electron chi connectivity index (χ1n) is 8.77. The molecule has 120 valence electrons. The molecule has 1 aromatic rings. The van der Waals surface area contributed by atoms with E-state index in [9.17, 15) is 0 Å². The van der Waals surface area contributed by atoms with Gasteiger partial charge in [0.2, 0.25) is 0 Å². The Bertz CT molecular complexity index is 549. The van der Waals surface area contributed by atoms with Gasteiger partial charge < -0.3 is 4.74 Å². The minimum absolute atomic E-state index is 0.483. The van der Waals surface area contributed by atoms with Crippen molar-refractivity contribution in [2.45, 2.75) is 72.1 Å². The monoisotopic (exact) mass is 298 g/mol. The summed E-state index contributed by atoms with van der Waals surface area (Å²) in [5.41, 5.74) is 5.44. The molecule has 2 rings (SSSR count). The number of aryl methyl sites for hydroxylation is 1. The van der Waals surface area contributed by atoms with E-state index in [-0.39, 0.29) is 0 Å². The molecule has 0 spiro atoms. The minimum Gasteiger partial charge on any atom is -0.464 e. The molecular weight excluding hydrogens is 268 g/mol. The quantitative estimate of drug-likeness (QED) is 0.420. The van der Waals surface area contributed by atoms with E-state index in [4.69, 9.17) is 4.74 Å². The summed E-state index contributed by atoms with van der Waals surface area (Å²) in [6, 6.07) is 6.52. The highest BCUT2D eigenvalue weighted by molar-refractivity contribution is 5.41. The zero-order chi connectivity index (χ0) is 15.9. The van der Waals surface area contributed by atoms with Gasteiger partial charge >= 0.3 is 0 Å². The molecule has 0 atom stereocenters. The van der Waals surface area contributed by atoms with E-state index in [1.807, 2.05) is 6.26 Å². The average Bonchev–Trinajstić information content (AvgIpc) is 2.92. The Hall–Kier alpha value is -1.50. The normalized spacial score (nSPS) is 18.6. The summed E-state index contributed by atoms with van der Waals surface area (Å²) < 4.78 is 6.10. The van der Waals surface area contributed by atoms with Crippen LogP contribution in [0.2, 0.25) is 0 Å². The molecule has 1 heteroatoms. The zero-order valence-corrected chi connectivity index (χ0v) is 14.6. The average molecular weight is 298 g/mol. The second kappa shape index (κ2) is 8.22. The molecule has 0 amide bonds. The summed E-state index contributed by atoms with van der Waals surface area (Å²) in [7, 11) is 0. The summed E-state index contributed by atoms with van der Waals surface area (Å²) in [5, 5.41) is 0. The second-order valence-electron chi connectivity index (χ2n) is 6.68. The van der Waals surface area contributed by atoms with E-state index in [1.165, 1.54) is 54.4 Å². The summed E-state index contributed by atoms with van der Waals surface area (Å²) in [4.78, 5) is 0. The van der Waals surface area contributed by atoms with Gasteiger partial charge in [-0.25, -0.2) is 0 Å². The van der Waals surface area contributed by atoms with Gasteiger partial charge in [0.1, 0.15) is 5.75 Å². The molecule has 0 N–H and O–H groups in total. The molecule has 0 radical (unpaired) electrons. The number of ether oxygens (including phenoxy) is 1. The lowest BCUT2D eigenvalue weighted by Crippen LogP contribution is -1.95. The van der Waals surface area contributed by atoms with Crippen LogP contribution >= 0.6 is 0 Å². The van der Waals surface area contributed by atoms with Gasteiger partial charge in [-0.3, -0.25) is 0 Å². The highest BCUT2D eigenvalue weighted by Crippen LogP contribution is 2.33. The van der Waals surface area contributed by atoms with Gasteiger partial charge in [-0.05, 0) is 66.9 Å². The molecule has 0 bridgehead atoms. The molecule has 0 saturated heterocycles. The SMILES string of the molecule is CCCCC=C1CCCC1=COc1cc(C)ccc1C(C)C. The molecule has 1 saturated carbocycles. The molecule has 22 heavy (non-hydrogen) atoms. The van der Waals surface area contributed by atoms with Gasteiger partial charge in [0.25, 0.3) is 0 Å². The van der Waals surface area contributed by atoms with Crippen LogP contribution in [0.4, 0.5) is 0 Å². The lowest BCUT2D eigenvalue weighted by atomic mass is 10.0. The Balaban J connectivity index is 2.13. The van der Waals surface area contributed by atoms with Gasteiger partial charge in [-0.2, -0.15) is 0 Å². The van der Waals surface area contributed by atoms with E-state index in [0.717, 1.165) is 12.2 Å². The predicted octanol–water partition coefficient (Wildman–Crippen LogP) is 6.68. The molecular formula is C21H30O. The smallest absolute Gasteiger partial charge is 0.130 e. The molecule has 1 aromatic carbocycles. The van der Waals surface area contributed by atoms with Crippen molar-refractivity contribution < 1.29 is 4.74 Å². The van der Waals surface area contributed by atoms with Crippen molar-refractivity contribution in [3.8, 4) is 5.75 Å². The van der Waals surface area contributed by atoms with Crippen LogP contribution in [0.3, 0.4) is 0 Å². The molecule has 0 aromatic heterocycles. The highest BCUT2D eigenvalue weighted by Gasteiger charge is 2.14. The van der Waals surface area contributed by atoms with Crippen LogP contribution in [0, 0.1) is 6.92 Å². The number of unbranched alkanes of at least 4 members (excludes halogenated alkanes) is 2. The summed E-state index contributed by atoms with van der Waals surface area (Å²) in [6.45, 7) is 8.81. The van der Waals surface area contributed by atoms with E-state index in [0.29, 0.717) is 5.92 Å². The van der Waals surface area contributed by atoms with Crippen molar-refractivity contribution in [1.29, 1.82) is 0 Å². The maximum atomic E-state index is 6.10. The summed E-state index contributed by atoms with van der Waals surface area (Å²) >= 11 is 0. The number of hydrogen-bond acceptors (Lipinski definition) is 1. The van der Waals surface area contributed by atoms with Crippen molar-refractivity contribution >= 4 is 0 Å². The molecule has 1 fully saturated rings. The molecule has 1 nitrogen and oxygen atoms in total. The van der Waals surface area contributed by atoms with Crippen LogP contribution in [0.25, 0.3) is 0 Å². The van der Waals surface area contributed by atoms with E-state index < -0.39 is 0 Å². The Morgan fingerprint density at radius 3 is 2.68 bits per heavy atom. The van der Waals surface area contributed by atoms with Crippen LogP contribution < -0.4 is 4.74 Å². The standard InChI is InChI=1S/C21H30O/c1-5-6-7-9-18-10-8-11-19(18)15-22-21-14-17(4)12-13-20(21)16(2)3/h9,12-16H,5-8,10-11H2,1-4H3. The van der Waals surface area contributed by atoms with Crippen LogP contribution in [0.15, 0.2) is 41.7 Å². The van der Waals surface area contributed by atoms with Crippen molar-refractivity contribution in [2.24, 2.45) is 0 Å². The Morgan fingerprint density at radius 2 is 1.95 bits per heavy atom. The second-order valence-corrected chi connectivity index (χ2v) is 6.68. The number of benzene rings is 1. The number of hydrogen-bond donors (Lipinski definition) is 0. The van der Waals surface area contributed by atoms with Crippen molar-refractivity contribution in [2.75, 3.05) is 0 Å². The predicted molar refractivity (Wildman–Crippen MR) is 95.4 cm³/mol. The van der Waals surface area contributed by atoms with Crippen molar-refractivity contribution in [1.82, 2.24) is 0 Å². The first kappa shape index (κ1) is 16.9. The van der Waals surface area contributed by atoms with E-state index in [1.54, 1.807) is 0 Å². The van der Waals surface area contributed by atoms with Crippen molar-refractivity contribution in [3.05, 3.63) is 52.8 Å². The Morgan fingerprint density at radius 1 is 1.18 bits per heavy atom. The fourth-order valence-electron chi connectivity index (χ4n) is 2.99. The molecule has 0 aliphatic heterocycles. The third-order valence-electron chi connectivity index (χ3n) is 4.37. The largest absolute Gasteiger partial charge is 0.464 e. The third kappa shape index (κ3) is 4.50. The van der Waals surface area contributed by atoms with Crippen LogP contribution in [-0.4, -0.2) is 0 Å². The maximum absolute atomic E-state index is 6.10. The first-order valence-corrected chi connectivity index (χ1v) is 8.77. The van der Waals surface area contributed by atoms with Gasteiger partial charge in [0.15, 0.2) is 0 Å². The van der Waals surface area contributed by atoms with Gasteiger partial charge in [-0.15, -0.1) is 0 Å². The number of rotatable bonds is 6. The minimum atomic E-state index is 0.483. The topological polar surface area (TPSA) is 9.23 Å². The zero-order valence-electron chi connectivity index (χ0n) is 14.6. The molecule has 1 aliphatic carbocycles. The molecule has 0 heterocycles. The number of allylic oxidation sites excluding steroid dienone is 3. The van der Waals surface area contributed by atoms with Crippen LogP contribution in [0.1, 0.15) is 76.3 Å². The first-order chi connectivity index (χ1) is 10.6. The van der Waals surface area contributed by atoms with Crippen LogP contribution in [-0.2, 0) is 0 Å². The Labute approximate surface area is 136 Å². The Kier molecular flexibility index (Phi) is 6.30. The van der Waals surface area contributed by atoms with Crippen molar-refractivity contribution in [3.63, 3.8) is 0 Å². The summed E-state index contributed by atoms with van der Waals surface area (Å²) in [6.07, 6.45) is 11.8. The fraction of sp³-hybridized carbons (Fsp3) is 0.524. The molecule has 0 unspecified atom stereocenters. The van der Waals surface area contributed by atoms with E-state index in [2.05, 4.69) is 52.0 Å². The lowest BCUT2D eigenvalue weighted by molar-refractivity contribution is 0.466. The fourth-order valence-corrected chi connectivity index (χ4v) is 2.99. The third-order valence-corrected chi connectivity index (χ3v) is 4.37. The summed E-state index contributed by atoms with van der Waals surface area (Å²) in [5.74, 6) is 1.50. The maximum Gasteiger partial charge on any atom is 0.130 e. The van der Waals surface area contributed by atoms with Gasteiger partial charge in [-0.1, -0.05) is 51.8 Å². The highest BCUT2D eigenvalue weighted by atomic mass is 16.5. The van der Waals surface area contributed by atoms with Crippen LogP contribution in [0.5, 0.6) is 5.75 Å². The lowest BCUT2D eigenvalue weighted by Gasteiger charge is -2.13. The van der Waals surface area contributed by atoms with Gasteiger partial charge in [0.05, 0.1) is 6.26 Å². The van der Waals surface area contributed by atoms with Gasteiger partial charge in [0, 0.05) is 0 Å². The van der Waals surface area contributed by atoms with E-state index >= 15 is 0 Å². The molecule has 1 aliphatic rings.